The Hall–Kier alpha value is -3.79. The second kappa shape index (κ2) is 9.10. The topological polar surface area (TPSA) is 46.9 Å². The summed E-state index contributed by atoms with van der Waals surface area (Å²) in [6, 6.07) is 16.9. The molecule has 0 bridgehead atoms. The van der Waals surface area contributed by atoms with Gasteiger partial charge in [0, 0.05) is 11.1 Å². The number of aromatic nitrogens is 2. The molecular weight excluding hydrogens is 496 g/mol. The summed E-state index contributed by atoms with van der Waals surface area (Å²) in [5.41, 5.74) is -2.01. The van der Waals surface area contributed by atoms with E-state index in [0.29, 0.717) is 0 Å². The molecule has 1 heterocycles. The van der Waals surface area contributed by atoms with E-state index in [-0.39, 0.29) is 27.5 Å². The summed E-state index contributed by atoms with van der Waals surface area (Å²) in [5, 5.41) is 6.05. The number of alkyl halides is 6. The van der Waals surface area contributed by atoms with Gasteiger partial charge in [0.1, 0.15) is 0 Å². The van der Waals surface area contributed by atoms with Crippen LogP contribution >= 0.6 is 11.6 Å². The summed E-state index contributed by atoms with van der Waals surface area (Å²) < 4.78 is 80.7. The van der Waals surface area contributed by atoms with Gasteiger partial charge in [-0.05, 0) is 42.5 Å². The highest BCUT2D eigenvalue weighted by atomic mass is 35.5. The van der Waals surface area contributed by atoms with Gasteiger partial charge in [-0.2, -0.15) is 31.4 Å². The van der Waals surface area contributed by atoms with Crippen molar-refractivity contribution in [2.24, 2.45) is 0 Å². The molecule has 0 saturated carbocycles. The molecule has 0 fully saturated rings. The number of anilines is 1. The summed E-state index contributed by atoms with van der Waals surface area (Å²) in [4.78, 5) is 12.5. The zero-order valence-corrected chi connectivity index (χ0v) is 18.2. The quantitative estimate of drug-likeness (QED) is 0.290. The SMILES string of the molecule is O=C(Nc1ccccc1C(F)(F)F)c1ccc(-c2cc(C(F)(F)F)nn2-c2ccccc2Cl)cc1. The number of amides is 1. The average molecular weight is 510 g/mol. The van der Waals surface area contributed by atoms with Gasteiger partial charge < -0.3 is 5.32 Å². The number of para-hydroxylation sites is 2. The second-order valence-electron chi connectivity index (χ2n) is 7.35. The lowest BCUT2D eigenvalue weighted by atomic mass is 10.1. The highest BCUT2D eigenvalue weighted by Crippen LogP contribution is 2.36. The zero-order chi connectivity index (χ0) is 25.4. The van der Waals surface area contributed by atoms with Crippen LogP contribution in [0, 0.1) is 0 Å². The first kappa shape index (κ1) is 24.3. The van der Waals surface area contributed by atoms with Gasteiger partial charge in [0.05, 0.1) is 27.7 Å². The smallest absolute Gasteiger partial charge is 0.321 e. The van der Waals surface area contributed by atoms with Crippen LogP contribution < -0.4 is 5.32 Å². The van der Waals surface area contributed by atoms with Crippen molar-refractivity contribution in [2.45, 2.75) is 12.4 Å². The van der Waals surface area contributed by atoms with Gasteiger partial charge >= 0.3 is 12.4 Å². The summed E-state index contributed by atoms with van der Waals surface area (Å²) in [7, 11) is 0. The molecule has 1 aromatic heterocycles. The van der Waals surface area contributed by atoms with E-state index in [1.165, 1.54) is 48.5 Å². The largest absolute Gasteiger partial charge is 0.435 e. The molecule has 4 aromatic rings. The van der Waals surface area contributed by atoms with Crippen LogP contribution in [0.3, 0.4) is 0 Å². The molecule has 35 heavy (non-hydrogen) atoms. The van der Waals surface area contributed by atoms with Crippen LogP contribution in [0.25, 0.3) is 16.9 Å². The molecule has 1 N–H and O–H groups in total. The maximum atomic E-state index is 13.4. The lowest BCUT2D eigenvalue weighted by Gasteiger charge is -2.14. The Kier molecular flexibility index (Phi) is 6.33. The van der Waals surface area contributed by atoms with Crippen LogP contribution in [-0.2, 0) is 12.4 Å². The summed E-state index contributed by atoms with van der Waals surface area (Å²) >= 11 is 6.16. The molecule has 0 aliphatic carbocycles. The molecule has 1 amide bonds. The van der Waals surface area contributed by atoms with E-state index in [9.17, 15) is 31.1 Å². The molecule has 0 aliphatic rings. The van der Waals surface area contributed by atoms with Crippen molar-refractivity contribution in [3.8, 4) is 16.9 Å². The normalized spacial score (nSPS) is 12.0. The van der Waals surface area contributed by atoms with E-state index < -0.39 is 35.2 Å². The Morgan fingerprint density at radius 2 is 1.46 bits per heavy atom. The standard InChI is InChI=1S/C24H14ClF6N3O/c25-17-6-2-4-8-19(17)34-20(13-21(33-34)24(29,30)31)14-9-11-15(12-10-14)22(35)32-18-7-3-1-5-16(18)23(26,27)28/h1-13H,(H,32,35). The number of carbonyl (C=O) groups is 1. The number of hydrogen-bond donors (Lipinski definition) is 1. The van der Waals surface area contributed by atoms with Gasteiger partial charge in [-0.15, -0.1) is 0 Å². The van der Waals surface area contributed by atoms with Crippen molar-refractivity contribution in [1.29, 1.82) is 0 Å². The average Bonchev–Trinajstić information content (AvgIpc) is 3.25. The van der Waals surface area contributed by atoms with Crippen molar-refractivity contribution in [3.63, 3.8) is 0 Å². The molecular formula is C24H14ClF6N3O. The van der Waals surface area contributed by atoms with Crippen LogP contribution in [0.1, 0.15) is 21.6 Å². The van der Waals surface area contributed by atoms with Gasteiger partial charge in [-0.25, -0.2) is 4.68 Å². The summed E-state index contributed by atoms with van der Waals surface area (Å²) in [5.74, 6) is -0.816. The Morgan fingerprint density at radius 1 is 0.829 bits per heavy atom. The zero-order valence-electron chi connectivity index (χ0n) is 17.5. The maximum absolute atomic E-state index is 13.4. The van der Waals surface area contributed by atoms with E-state index in [4.69, 9.17) is 11.6 Å². The first-order chi connectivity index (χ1) is 16.4. The van der Waals surface area contributed by atoms with E-state index in [1.807, 2.05) is 0 Å². The maximum Gasteiger partial charge on any atom is 0.435 e. The summed E-state index contributed by atoms with van der Waals surface area (Å²) in [6.45, 7) is 0. The molecule has 0 unspecified atom stereocenters. The number of nitrogens with one attached hydrogen (secondary N) is 1. The molecule has 11 heteroatoms. The number of nitrogens with zero attached hydrogens (tertiary/aromatic N) is 2. The van der Waals surface area contributed by atoms with Gasteiger partial charge in [0.25, 0.3) is 5.91 Å². The third-order valence-corrected chi connectivity index (χ3v) is 5.32. The lowest BCUT2D eigenvalue weighted by Crippen LogP contribution is -2.16. The second-order valence-corrected chi connectivity index (χ2v) is 7.76. The number of hydrogen-bond acceptors (Lipinski definition) is 2. The van der Waals surface area contributed by atoms with Crippen LogP contribution in [-0.4, -0.2) is 15.7 Å². The number of carbonyl (C=O) groups excluding carboxylic acids is 1. The highest BCUT2D eigenvalue weighted by Gasteiger charge is 2.36. The fraction of sp³-hybridized carbons (Fsp3) is 0.0833. The fourth-order valence-electron chi connectivity index (χ4n) is 3.36. The third kappa shape index (κ3) is 5.17. The lowest BCUT2D eigenvalue weighted by molar-refractivity contribution is -0.141. The Morgan fingerprint density at radius 3 is 2.09 bits per heavy atom. The van der Waals surface area contributed by atoms with E-state index in [2.05, 4.69) is 10.4 Å². The Labute approximate surface area is 199 Å². The summed E-state index contributed by atoms with van der Waals surface area (Å²) in [6.07, 6.45) is -9.38. The minimum atomic E-state index is -4.72. The number of halogens is 7. The first-order valence-corrected chi connectivity index (χ1v) is 10.3. The van der Waals surface area contributed by atoms with Gasteiger partial charge in [-0.3, -0.25) is 4.79 Å². The van der Waals surface area contributed by atoms with Gasteiger partial charge in [-0.1, -0.05) is 48.0 Å². The Bertz CT molecular complexity index is 1380. The van der Waals surface area contributed by atoms with Crippen LogP contribution in [0.4, 0.5) is 32.0 Å². The molecule has 0 aliphatic heterocycles. The molecule has 3 aromatic carbocycles. The van der Waals surface area contributed by atoms with Crippen LogP contribution in [0.2, 0.25) is 5.02 Å². The van der Waals surface area contributed by atoms with Crippen molar-refractivity contribution in [3.05, 3.63) is 101 Å². The number of benzene rings is 3. The molecule has 4 nitrogen and oxygen atoms in total. The van der Waals surface area contributed by atoms with Crippen molar-refractivity contribution in [1.82, 2.24) is 9.78 Å². The van der Waals surface area contributed by atoms with Crippen molar-refractivity contribution in [2.75, 3.05) is 5.32 Å². The number of rotatable bonds is 4. The van der Waals surface area contributed by atoms with Crippen molar-refractivity contribution < 1.29 is 31.1 Å². The van der Waals surface area contributed by atoms with Crippen LogP contribution in [0.15, 0.2) is 78.9 Å². The minimum Gasteiger partial charge on any atom is -0.321 e. The molecule has 4 rings (SSSR count). The fourth-order valence-corrected chi connectivity index (χ4v) is 3.57. The molecule has 0 atom stereocenters. The van der Waals surface area contributed by atoms with E-state index >= 15 is 0 Å². The Balaban J connectivity index is 1.68. The van der Waals surface area contributed by atoms with Crippen LogP contribution in [0.5, 0.6) is 0 Å². The predicted octanol–water partition coefficient (Wildman–Crippen LogP) is 7.48. The van der Waals surface area contributed by atoms with Gasteiger partial charge in [0.2, 0.25) is 0 Å². The van der Waals surface area contributed by atoms with E-state index in [1.54, 1.807) is 12.1 Å². The van der Waals surface area contributed by atoms with E-state index in [0.717, 1.165) is 22.9 Å². The predicted molar refractivity (Wildman–Crippen MR) is 118 cm³/mol. The molecule has 180 valence electrons. The van der Waals surface area contributed by atoms with Gasteiger partial charge in [0.15, 0.2) is 5.69 Å². The monoisotopic (exact) mass is 509 g/mol. The minimum absolute atomic E-state index is 0.00517. The highest BCUT2D eigenvalue weighted by molar-refractivity contribution is 6.32. The first-order valence-electron chi connectivity index (χ1n) is 9.95. The molecule has 0 radical (unpaired) electrons. The third-order valence-electron chi connectivity index (χ3n) is 5.00. The molecule has 0 saturated heterocycles. The van der Waals surface area contributed by atoms with Crippen molar-refractivity contribution >= 4 is 23.2 Å². The molecule has 0 spiro atoms.